The summed E-state index contributed by atoms with van der Waals surface area (Å²) in [6, 6.07) is 1.31. The van der Waals surface area contributed by atoms with Gasteiger partial charge in [0.25, 0.3) is 0 Å². The maximum absolute atomic E-state index is 5.17. The number of ether oxygens (including phenoxy) is 1. The summed E-state index contributed by atoms with van der Waals surface area (Å²) in [5.41, 5.74) is 0. The summed E-state index contributed by atoms with van der Waals surface area (Å²) in [4.78, 5) is 2.58. The number of likely N-dealkylation sites (tertiary alicyclic amines) is 1. The molecular formula is C12H26N2O. The van der Waals surface area contributed by atoms with Crippen LogP contribution in [0.5, 0.6) is 0 Å². The van der Waals surface area contributed by atoms with Crippen LogP contribution in [0.1, 0.15) is 33.1 Å². The van der Waals surface area contributed by atoms with E-state index < -0.39 is 0 Å². The average Bonchev–Trinajstić information content (AvgIpc) is 2.27. The first kappa shape index (κ1) is 12.9. The fourth-order valence-corrected chi connectivity index (χ4v) is 2.53. The van der Waals surface area contributed by atoms with Gasteiger partial charge in [0.05, 0.1) is 6.61 Å². The molecule has 2 atom stereocenters. The second-order valence-electron chi connectivity index (χ2n) is 4.44. The first-order valence-corrected chi connectivity index (χ1v) is 6.26. The van der Waals surface area contributed by atoms with Gasteiger partial charge in [-0.1, -0.05) is 13.3 Å². The largest absolute Gasteiger partial charge is 0.383 e. The van der Waals surface area contributed by atoms with Gasteiger partial charge in [0.1, 0.15) is 0 Å². The number of hydrogen-bond acceptors (Lipinski definition) is 3. The van der Waals surface area contributed by atoms with Crippen LogP contribution in [0.15, 0.2) is 0 Å². The molecule has 0 aromatic rings. The van der Waals surface area contributed by atoms with Gasteiger partial charge in [0.2, 0.25) is 0 Å². The molecule has 1 rings (SSSR count). The third kappa shape index (κ3) is 4.09. The van der Waals surface area contributed by atoms with Crippen molar-refractivity contribution >= 4 is 0 Å². The molecule has 1 aliphatic rings. The summed E-state index contributed by atoms with van der Waals surface area (Å²) in [6.07, 6.45) is 4.06. The van der Waals surface area contributed by atoms with Crippen LogP contribution in [-0.2, 0) is 4.74 Å². The molecule has 0 bridgehead atoms. The SMILES string of the molecule is CCNC(C)C1CCCCN1CCOC. The minimum atomic E-state index is 0.604. The predicted octanol–water partition coefficient (Wildman–Crippen LogP) is 1.49. The van der Waals surface area contributed by atoms with E-state index in [1.54, 1.807) is 7.11 Å². The fourth-order valence-electron chi connectivity index (χ4n) is 2.53. The first-order valence-electron chi connectivity index (χ1n) is 6.26. The topological polar surface area (TPSA) is 24.5 Å². The molecule has 3 nitrogen and oxygen atoms in total. The van der Waals surface area contributed by atoms with Gasteiger partial charge in [-0.15, -0.1) is 0 Å². The standard InChI is InChI=1S/C12H26N2O/c1-4-13-11(2)12-7-5-6-8-14(12)9-10-15-3/h11-13H,4-10H2,1-3H3. The van der Waals surface area contributed by atoms with Crippen LogP contribution in [0.25, 0.3) is 0 Å². The van der Waals surface area contributed by atoms with Crippen LogP contribution in [0.4, 0.5) is 0 Å². The summed E-state index contributed by atoms with van der Waals surface area (Å²) in [5.74, 6) is 0. The number of rotatable bonds is 6. The van der Waals surface area contributed by atoms with Gasteiger partial charge in [-0.05, 0) is 32.9 Å². The fraction of sp³-hybridized carbons (Fsp3) is 1.00. The molecule has 1 heterocycles. The summed E-state index contributed by atoms with van der Waals surface area (Å²) in [6.45, 7) is 8.73. The van der Waals surface area contributed by atoms with Crippen LogP contribution < -0.4 is 5.32 Å². The molecule has 0 aromatic heterocycles. The van der Waals surface area contributed by atoms with E-state index in [1.165, 1.54) is 25.8 Å². The van der Waals surface area contributed by atoms with E-state index in [4.69, 9.17) is 4.74 Å². The van der Waals surface area contributed by atoms with Crippen LogP contribution in [0, 0.1) is 0 Å². The summed E-state index contributed by atoms with van der Waals surface area (Å²) in [7, 11) is 1.78. The molecule has 1 fully saturated rings. The third-order valence-electron chi connectivity index (χ3n) is 3.35. The first-order chi connectivity index (χ1) is 7.29. The Morgan fingerprint density at radius 1 is 1.47 bits per heavy atom. The van der Waals surface area contributed by atoms with Crippen molar-refractivity contribution < 1.29 is 4.74 Å². The lowest BCUT2D eigenvalue weighted by Crippen LogP contribution is -2.51. The van der Waals surface area contributed by atoms with Gasteiger partial charge in [0, 0.05) is 25.7 Å². The van der Waals surface area contributed by atoms with Gasteiger partial charge in [-0.25, -0.2) is 0 Å². The Kier molecular flexibility index (Phi) is 6.22. The summed E-state index contributed by atoms with van der Waals surface area (Å²) in [5, 5.41) is 3.54. The van der Waals surface area contributed by atoms with E-state index in [9.17, 15) is 0 Å². The molecule has 0 aliphatic carbocycles. The highest BCUT2D eigenvalue weighted by Crippen LogP contribution is 2.19. The number of nitrogens with zero attached hydrogens (tertiary/aromatic N) is 1. The van der Waals surface area contributed by atoms with Gasteiger partial charge < -0.3 is 10.1 Å². The average molecular weight is 214 g/mol. The van der Waals surface area contributed by atoms with Crippen molar-refractivity contribution in [2.45, 2.75) is 45.2 Å². The number of likely N-dealkylation sites (N-methyl/N-ethyl adjacent to an activating group) is 1. The van der Waals surface area contributed by atoms with E-state index in [0.29, 0.717) is 12.1 Å². The number of methoxy groups -OCH3 is 1. The summed E-state index contributed by atoms with van der Waals surface area (Å²) < 4.78 is 5.17. The van der Waals surface area contributed by atoms with Crippen molar-refractivity contribution in [1.29, 1.82) is 0 Å². The van der Waals surface area contributed by atoms with Crippen LogP contribution in [-0.4, -0.2) is 50.3 Å². The van der Waals surface area contributed by atoms with E-state index in [1.807, 2.05) is 0 Å². The van der Waals surface area contributed by atoms with E-state index in [-0.39, 0.29) is 0 Å². The lowest BCUT2D eigenvalue weighted by atomic mass is 9.96. The quantitative estimate of drug-likeness (QED) is 0.725. The number of hydrogen-bond donors (Lipinski definition) is 1. The smallest absolute Gasteiger partial charge is 0.0589 e. The van der Waals surface area contributed by atoms with Gasteiger partial charge in [-0.2, -0.15) is 0 Å². The lowest BCUT2D eigenvalue weighted by Gasteiger charge is -2.39. The normalized spacial score (nSPS) is 25.4. The van der Waals surface area contributed by atoms with Crippen molar-refractivity contribution in [3.8, 4) is 0 Å². The Bertz CT molecular complexity index is 164. The molecule has 3 heteroatoms. The Balaban J connectivity index is 2.41. The Hall–Kier alpha value is -0.120. The van der Waals surface area contributed by atoms with Gasteiger partial charge >= 0.3 is 0 Å². The Morgan fingerprint density at radius 2 is 2.27 bits per heavy atom. The van der Waals surface area contributed by atoms with Crippen LogP contribution in [0.2, 0.25) is 0 Å². The molecule has 1 N–H and O–H groups in total. The highest BCUT2D eigenvalue weighted by molar-refractivity contribution is 4.84. The summed E-state index contributed by atoms with van der Waals surface area (Å²) >= 11 is 0. The zero-order valence-electron chi connectivity index (χ0n) is 10.5. The number of nitrogens with one attached hydrogen (secondary N) is 1. The minimum Gasteiger partial charge on any atom is -0.383 e. The monoisotopic (exact) mass is 214 g/mol. The minimum absolute atomic E-state index is 0.604. The van der Waals surface area contributed by atoms with Crippen molar-refractivity contribution in [3.05, 3.63) is 0 Å². The molecule has 1 saturated heterocycles. The zero-order chi connectivity index (χ0) is 11.1. The molecule has 2 unspecified atom stereocenters. The van der Waals surface area contributed by atoms with Crippen molar-refractivity contribution in [2.24, 2.45) is 0 Å². The van der Waals surface area contributed by atoms with Gasteiger partial charge in [0.15, 0.2) is 0 Å². The molecule has 15 heavy (non-hydrogen) atoms. The molecular weight excluding hydrogens is 188 g/mol. The predicted molar refractivity (Wildman–Crippen MR) is 64.2 cm³/mol. The molecule has 0 aromatic carbocycles. The Labute approximate surface area is 94.2 Å². The maximum atomic E-state index is 5.17. The maximum Gasteiger partial charge on any atom is 0.0589 e. The number of piperidine rings is 1. The van der Waals surface area contributed by atoms with Crippen molar-refractivity contribution in [2.75, 3.05) is 33.4 Å². The van der Waals surface area contributed by atoms with Crippen molar-refractivity contribution in [1.82, 2.24) is 10.2 Å². The molecule has 0 saturated carbocycles. The highest BCUT2D eigenvalue weighted by Gasteiger charge is 2.26. The van der Waals surface area contributed by atoms with E-state index in [2.05, 4.69) is 24.1 Å². The molecule has 1 aliphatic heterocycles. The third-order valence-corrected chi connectivity index (χ3v) is 3.35. The second kappa shape index (κ2) is 7.20. The zero-order valence-corrected chi connectivity index (χ0v) is 10.5. The van der Waals surface area contributed by atoms with Crippen LogP contribution in [0.3, 0.4) is 0 Å². The van der Waals surface area contributed by atoms with E-state index >= 15 is 0 Å². The molecule has 0 amide bonds. The van der Waals surface area contributed by atoms with Gasteiger partial charge in [-0.3, -0.25) is 4.90 Å². The lowest BCUT2D eigenvalue weighted by molar-refractivity contribution is 0.0803. The highest BCUT2D eigenvalue weighted by atomic mass is 16.5. The molecule has 0 radical (unpaired) electrons. The Morgan fingerprint density at radius 3 is 2.93 bits per heavy atom. The van der Waals surface area contributed by atoms with Crippen molar-refractivity contribution in [3.63, 3.8) is 0 Å². The second-order valence-corrected chi connectivity index (χ2v) is 4.44. The molecule has 90 valence electrons. The molecule has 0 spiro atoms. The van der Waals surface area contributed by atoms with E-state index in [0.717, 1.165) is 19.7 Å². The van der Waals surface area contributed by atoms with Crippen LogP contribution >= 0.6 is 0 Å².